The first-order valence-corrected chi connectivity index (χ1v) is 16.5. The summed E-state index contributed by atoms with van der Waals surface area (Å²) in [6, 6.07) is 43.0. The zero-order valence-corrected chi connectivity index (χ0v) is 28.4. The number of hydrogen-bond acceptors (Lipinski definition) is 3. The van der Waals surface area contributed by atoms with Gasteiger partial charge in [-0.25, -0.2) is 9.97 Å². The van der Waals surface area contributed by atoms with E-state index in [-0.39, 0.29) is 16.5 Å². The fourth-order valence-electron chi connectivity index (χ4n) is 6.28. The molecule has 9 rings (SSSR count). The summed E-state index contributed by atoms with van der Waals surface area (Å²) in [5.74, 6) is 1.27. The van der Waals surface area contributed by atoms with Crippen LogP contribution in [-0.4, -0.2) is 9.97 Å². The Morgan fingerprint density at radius 1 is 0.469 bits per heavy atom. The fraction of sp³-hybridized carbons (Fsp3) is 0. The second-order valence-corrected chi connectivity index (χ2v) is 12.4. The van der Waals surface area contributed by atoms with E-state index in [0.29, 0.717) is 22.9 Å². The maximum Gasteiger partial charge on any atom is 2.00 e. The molecule has 0 saturated heterocycles. The number of ether oxygens (including phenoxy) is 1. The molecule has 0 radical (unpaired) electrons. The Balaban J connectivity index is 0.00000348. The van der Waals surface area contributed by atoms with Crippen molar-refractivity contribution in [3.05, 3.63) is 155 Å². The first-order valence-electron chi connectivity index (χ1n) is 15.7. The normalized spacial score (nSPS) is 11.9. The van der Waals surface area contributed by atoms with Gasteiger partial charge in [0.2, 0.25) is 0 Å². The Morgan fingerprint density at radius 3 is 1.49 bits per heavy atom. The van der Waals surface area contributed by atoms with Crippen LogP contribution in [0.4, 0.5) is 0 Å². The van der Waals surface area contributed by atoms with E-state index in [4.69, 9.17) is 24.7 Å². The third kappa shape index (κ3) is 5.71. The summed E-state index contributed by atoms with van der Waals surface area (Å²) >= 11 is 3.83. The van der Waals surface area contributed by atoms with Gasteiger partial charge in [0.25, 0.3) is 0 Å². The Hall–Kier alpha value is -5.49. The SMILES string of the molecule is Brc1c2ccc([n-]2)c(-c2ccccc2)c2nc(c(Oc3ccc4ccccc4c3)c3nc(c(-c4ccccc4)c4ccc1[n-]4)C=C3)C=C2.[Ni+2]. The van der Waals surface area contributed by atoms with Crippen molar-refractivity contribution in [2.24, 2.45) is 0 Å². The molecule has 0 saturated carbocycles. The molecule has 236 valence electrons. The van der Waals surface area contributed by atoms with Crippen LogP contribution in [0.5, 0.6) is 11.5 Å². The summed E-state index contributed by atoms with van der Waals surface area (Å²) in [7, 11) is 0. The molecular weight excluding hydrogens is 715 g/mol. The molecule has 0 aliphatic carbocycles. The van der Waals surface area contributed by atoms with Gasteiger partial charge in [0.1, 0.15) is 17.1 Å². The Bertz CT molecular complexity index is 2470. The summed E-state index contributed by atoms with van der Waals surface area (Å²) in [4.78, 5) is 20.6. The molecule has 5 heterocycles. The largest absolute Gasteiger partial charge is 2.00 e. The molecule has 0 atom stereocenters. The minimum Gasteiger partial charge on any atom is -0.656 e. The number of fused-ring (bicyclic) bond motifs is 9. The van der Waals surface area contributed by atoms with Crippen LogP contribution in [0.3, 0.4) is 0 Å². The van der Waals surface area contributed by atoms with Crippen molar-refractivity contribution in [3.63, 3.8) is 0 Å². The minimum atomic E-state index is 0. The molecule has 5 nitrogen and oxygen atoms in total. The van der Waals surface area contributed by atoms with Gasteiger partial charge in [0.05, 0.1) is 11.4 Å². The van der Waals surface area contributed by atoms with Crippen molar-refractivity contribution in [1.82, 2.24) is 19.9 Å². The molecule has 8 bridgehead atoms. The van der Waals surface area contributed by atoms with E-state index in [2.05, 4.69) is 64.5 Å². The summed E-state index contributed by atoms with van der Waals surface area (Å²) in [6.07, 6.45) is 8.06. The number of benzene rings is 4. The first-order chi connectivity index (χ1) is 23.7. The maximum absolute atomic E-state index is 6.75. The van der Waals surface area contributed by atoms with Crippen LogP contribution in [0.1, 0.15) is 22.8 Å². The van der Waals surface area contributed by atoms with Gasteiger partial charge in [-0.1, -0.05) is 131 Å². The predicted octanol–water partition coefficient (Wildman–Crippen LogP) is 11.0. The van der Waals surface area contributed by atoms with Crippen LogP contribution >= 0.6 is 15.9 Å². The maximum atomic E-state index is 6.75. The van der Waals surface area contributed by atoms with Crippen LogP contribution in [0.2, 0.25) is 0 Å². The minimum absolute atomic E-state index is 0. The van der Waals surface area contributed by atoms with Crippen molar-refractivity contribution in [1.29, 1.82) is 0 Å². The van der Waals surface area contributed by atoms with Gasteiger partial charge in [-0.05, 0) is 73.9 Å². The number of rotatable bonds is 4. The Kier molecular flexibility index (Phi) is 8.08. The number of aromatic nitrogens is 4. The topological polar surface area (TPSA) is 63.2 Å². The second-order valence-electron chi connectivity index (χ2n) is 11.6. The molecular formula is C42H25BrN4NiO. The van der Waals surface area contributed by atoms with E-state index in [1.54, 1.807) is 0 Å². The van der Waals surface area contributed by atoms with Gasteiger partial charge in [-0.2, -0.15) is 0 Å². The zero-order chi connectivity index (χ0) is 32.0. The quantitative estimate of drug-likeness (QED) is 0.168. The monoisotopic (exact) mass is 738 g/mol. The molecule has 0 amide bonds. The van der Waals surface area contributed by atoms with Crippen molar-refractivity contribution in [2.45, 2.75) is 0 Å². The number of nitrogens with zero attached hydrogens (tertiary/aromatic N) is 4. The average molecular weight is 740 g/mol. The Labute approximate surface area is 301 Å². The molecule has 7 heteroatoms. The molecule has 0 unspecified atom stereocenters. The van der Waals surface area contributed by atoms with Crippen LogP contribution in [-0.2, 0) is 16.5 Å². The summed E-state index contributed by atoms with van der Waals surface area (Å²) in [5.41, 5.74) is 10.1. The van der Waals surface area contributed by atoms with Crippen molar-refractivity contribution in [3.8, 4) is 33.8 Å². The average Bonchev–Trinajstić information content (AvgIpc) is 3.97. The van der Waals surface area contributed by atoms with Crippen molar-refractivity contribution >= 4 is 73.1 Å². The van der Waals surface area contributed by atoms with Gasteiger partial charge in [-0.3, -0.25) is 0 Å². The molecule has 0 fully saturated rings. The molecule has 49 heavy (non-hydrogen) atoms. The summed E-state index contributed by atoms with van der Waals surface area (Å²) < 4.78 is 7.57. The van der Waals surface area contributed by atoms with Crippen LogP contribution in [0.25, 0.3) is 79.4 Å². The molecule has 4 aromatic carbocycles. The molecule has 0 spiro atoms. The van der Waals surface area contributed by atoms with Crippen molar-refractivity contribution < 1.29 is 21.2 Å². The molecule has 7 aromatic rings. The van der Waals surface area contributed by atoms with E-state index in [1.165, 1.54) is 0 Å². The predicted molar refractivity (Wildman–Crippen MR) is 199 cm³/mol. The zero-order valence-electron chi connectivity index (χ0n) is 25.8. The first kappa shape index (κ1) is 30.8. The van der Waals surface area contributed by atoms with Gasteiger partial charge >= 0.3 is 16.5 Å². The van der Waals surface area contributed by atoms with Gasteiger partial charge in [-0.15, -0.1) is 22.1 Å². The number of halogens is 1. The van der Waals surface area contributed by atoms with E-state index < -0.39 is 0 Å². The van der Waals surface area contributed by atoms with Gasteiger partial charge in [0.15, 0.2) is 5.75 Å². The summed E-state index contributed by atoms with van der Waals surface area (Å²) in [6.45, 7) is 0. The van der Waals surface area contributed by atoms with E-state index in [0.717, 1.165) is 71.0 Å². The molecule has 2 aliphatic rings. The molecule has 0 N–H and O–H groups in total. The third-order valence-electron chi connectivity index (χ3n) is 8.57. The van der Waals surface area contributed by atoms with E-state index in [1.807, 2.05) is 103 Å². The number of hydrogen-bond donors (Lipinski definition) is 0. The third-order valence-corrected chi connectivity index (χ3v) is 9.38. The van der Waals surface area contributed by atoms with Crippen LogP contribution in [0.15, 0.2) is 132 Å². The van der Waals surface area contributed by atoms with Crippen LogP contribution in [0, 0.1) is 0 Å². The van der Waals surface area contributed by atoms with Crippen LogP contribution < -0.4 is 14.7 Å². The summed E-state index contributed by atoms with van der Waals surface area (Å²) in [5, 5.41) is 2.24. The Morgan fingerprint density at radius 2 is 0.939 bits per heavy atom. The van der Waals surface area contributed by atoms with Crippen molar-refractivity contribution in [2.75, 3.05) is 0 Å². The molecule has 3 aromatic heterocycles. The van der Waals surface area contributed by atoms with Gasteiger partial charge in [0, 0.05) is 0 Å². The van der Waals surface area contributed by atoms with E-state index in [9.17, 15) is 0 Å². The van der Waals surface area contributed by atoms with E-state index >= 15 is 0 Å². The fourth-order valence-corrected chi connectivity index (χ4v) is 6.72. The van der Waals surface area contributed by atoms with Gasteiger partial charge < -0.3 is 14.7 Å². The molecule has 2 aliphatic heterocycles. The second kappa shape index (κ2) is 12.8. The standard InChI is InChI=1S/C42H25BrN4O.Ni/c43-41-35-21-17-31(44-35)39(27-10-3-1-4-11-27)33-19-23-37(46-33)42(48-30-16-15-26-9-7-8-14-29(26)25-30)38-24-20-34(47-38)40(28-12-5-2-6-13-28)32-18-22-36(41)45-32;/h1-25H;/q-2;+2. The smallest absolute Gasteiger partial charge is 0.656 e.